The van der Waals surface area contributed by atoms with E-state index in [-0.39, 0.29) is 35.6 Å². The number of aliphatic hydroxyl groups is 1. The van der Waals surface area contributed by atoms with Crippen molar-refractivity contribution in [3.8, 4) is 0 Å². The Bertz CT molecular complexity index is 1300. The van der Waals surface area contributed by atoms with Crippen molar-refractivity contribution in [3.63, 3.8) is 0 Å². The number of aliphatic imine (C=N–C) groups is 1. The highest BCUT2D eigenvalue weighted by Gasteiger charge is 2.36. The van der Waals surface area contributed by atoms with Gasteiger partial charge in [0.1, 0.15) is 11.7 Å². The quantitative estimate of drug-likeness (QED) is 0.455. The van der Waals surface area contributed by atoms with E-state index in [0.717, 1.165) is 75.2 Å². The van der Waals surface area contributed by atoms with Gasteiger partial charge in [-0.15, -0.1) is 0 Å². The van der Waals surface area contributed by atoms with E-state index < -0.39 is 5.60 Å². The Morgan fingerprint density at radius 3 is 2.31 bits per heavy atom. The molecule has 1 aliphatic carbocycles. The Morgan fingerprint density at radius 2 is 1.69 bits per heavy atom. The van der Waals surface area contributed by atoms with E-state index in [9.17, 15) is 19.1 Å². The Labute approximate surface area is 249 Å². The van der Waals surface area contributed by atoms with Crippen molar-refractivity contribution >= 4 is 23.3 Å². The van der Waals surface area contributed by atoms with Crippen LogP contribution in [-0.2, 0) is 17.8 Å². The summed E-state index contributed by atoms with van der Waals surface area (Å²) in [7, 11) is 0. The first-order chi connectivity index (χ1) is 20.0. The van der Waals surface area contributed by atoms with Crippen molar-refractivity contribution in [2.45, 2.75) is 96.9 Å². The molecule has 2 aromatic carbocycles. The number of halogens is 1. The second kappa shape index (κ2) is 12.6. The highest BCUT2D eigenvalue weighted by Crippen LogP contribution is 2.37. The van der Waals surface area contributed by atoms with Gasteiger partial charge >= 0.3 is 0 Å². The maximum absolute atomic E-state index is 13.5. The van der Waals surface area contributed by atoms with Crippen LogP contribution < -0.4 is 10.2 Å². The Kier molecular flexibility index (Phi) is 9.14. The Balaban J connectivity index is 1.35. The van der Waals surface area contributed by atoms with E-state index in [0.29, 0.717) is 17.9 Å². The summed E-state index contributed by atoms with van der Waals surface area (Å²) in [5, 5.41) is 13.6. The maximum atomic E-state index is 13.5. The van der Waals surface area contributed by atoms with E-state index in [4.69, 9.17) is 0 Å². The number of amidine groups is 1. The van der Waals surface area contributed by atoms with Gasteiger partial charge in [0.05, 0.1) is 5.60 Å². The highest BCUT2D eigenvalue weighted by molar-refractivity contribution is 6.12. The summed E-state index contributed by atoms with van der Waals surface area (Å²) >= 11 is 0. The Hall–Kier alpha value is -3.10. The van der Waals surface area contributed by atoms with Crippen molar-refractivity contribution in [2.24, 2.45) is 16.8 Å². The summed E-state index contributed by atoms with van der Waals surface area (Å²) < 4.78 is 13.5. The minimum atomic E-state index is -0.641. The van der Waals surface area contributed by atoms with Gasteiger partial charge in [0.2, 0.25) is 5.91 Å². The van der Waals surface area contributed by atoms with Crippen molar-refractivity contribution in [1.29, 1.82) is 0 Å². The third kappa shape index (κ3) is 7.09. The lowest BCUT2D eigenvalue weighted by molar-refractivity contribution is -0.124. The zero-order valence-corrected chi connectivity index (χ0v) is 25.4. The second-order valence-corrected chi connectivity index (χ2v) is 13.2. The zero-order valence-electron chi connectivity index (χ0n) is 25.4. The van der Waals surface area contributed by atoms with Crippen LogP contribution in [0.5, 0.6) is 0 Å². The molecule has 42 heavy (non-hydrogen) atoms. The Morgan fingerprint density at radius 1 is 1.02 bits per heavy atom. The summed E-state index contributed by atoms with van der Waals surface area (Å²) in [5.74, 6) is 0.360. The van der Waals surface area contributed by atoms with Crippen LogP contribution in [0.25, 0.3) is 0 Å². The number of rotatable bonds is 7. The SMILES string of the molecule is CC(C)C(=O)NC1CCC(N2C(=NC(=O)c3ccc(F)cc3)Cc3ccc(CN4CCC(C(C)(C)O)CC4)cc32)CC1. The number of likely N-dealkylation sites (tertiary alicyclic amines) is 1. The minimum Gasteiger partial charge on any atom is -0.390 e. The van der Waals surface area contributed by atoms with E-state index in [1.165, 1.54) is 29.8 Å². The molecule has 1 saturated heterocycles. The third-order valence-electron chi connectivity index (χ3n) is 9.28. The van der Waals surface area contributed by atoms with Crippen LogP contribution in [0, 0.1) is 17.7 Å². The average molecular weight is 577 g/mol. The molecule has 0 spiro atoms. The monoisotopic (exact) mass is 576 g/mol. The molecule has 0 unspecified atom stereocenters. The topological polar surface area (TPSA) is 85.2 Å². The molecule has 2 aliphatic heterocycles. The molecule has 2 N–H and O–H groups in total. The predicted octanol–water partition coefficient (Wildman–Crippen LogP) is 5.49. The van der Waals surface area contributed by atoms with Gasteiger partial charge in [0.25, 0.3) is 5.91 Å². The summed E-state index contributed by atoms with van der Waals surface area (Å²) in [5.41, 5.74) is 3.22. The van der Waals surface area contributed by atoms with E-state index in [1.807, 2.05) is 27.7 Å². The fourth-order valence-corrected chi connectivity index (χ4v) is 6.65. The van der Waals surface area contributed by atoms with Crippen LogP contribution >= 0.6 is 0 Å². The predicted molar refractivity (Wildman–Crippen MR) is 164 cm³/mol. The molecule has 5 rings (SSSR count). The summed E-state index contributed by atoms with van der Waals surface area (Å²) in [6.45, 7) is 10.4. The fourth-order valence-electron chi connectivity index (χ4n) is 6.65. The molecule has 0 aromatic heterocycles. The van der Waals surface area contributed by atoms with Crippen molar-refractivity contribution in [1.82, 2.24) is 10.2 Å². The molecule has 3 aliphatic rings. The molecule has 2 aromatic rings. The number of hydrogen-bond donors (Lipinski definition) is 2. The van der Waals surface area contributed by atoms with Gasteiger partial charge in [-0.05, 0) is 113 Å². The molecule has 2 fully saturated rings. The molecule has 2 heterocycles. The third-order valence-corrected chi connectivity index (χ3v) is 9.28. The number of nitrogens with one attached hydrogen (secondary N) is 1. The smallest absolute Gasteiger partial charge is 0.278 e. The normalized spacial score (nSPS) is 22.9. The van der Waals surface area contributed by atoms with Crippen LogP contribution in [0.15, 0.2) is 47.5 Å². The number of anilines is 1. The average Bonchev–Trinajstić information content (AvgIpc) is 3.30. The number of piperidine rings is 1. The number of benzene rings is 2. The number of nitrogens with zero attached hydrogens (tertiary/aromatic N) is 3. The second-order valence-electron chi connectivity index (χ2n) is 13.2. The molecule has 0 atom stereocenters. The molecular weight excluding hydrogens is 531 g/mol. The first-order valence-electron chi connectivity index (χ1n) is 15.5. The van der Waals surface area contributed by atoms with Gasteiger partial charge in [-0.1, -0.05) is 26.0 Å². The van der Waals surface area contributed by atoms with Crippen LogP contribution in [0.3, 0.4) is 0 Å². The lowest BCUT2D eigenvalue weighted by Gasteiger charge is -2.38. The van der Waals surface area contributed by atoms with Gasteiger partial charge < -0.3 is 15.3 Å². The zero-order chi connectivity index (χ0) is 30.0. The number of carbonyl (C=O) groups excluding carboxylic acids is 2. The first kappa shape index (κ1) is 30.4. The van der Waals surface area contributed by atoms with Gasteiger partial charge in [0.15, 0.2) is 0 Å². The van der Waals surface area contributed by atoms with Gasteiger partial charge in [0, 0.05) is 42.2 Å². The lowest BCUT2D eigenvalue weighted by atomic mass is 9.83. The van der Waals surface area contributed by atoms with E-state index >= 15 is 0 Å². The van der Waals surface area contributed by atoms with Gasteiger partial charge in [-0.3, -0.25) is 14.5 Å². The highest BCUT2D eigenvalue weighted by atomic mass is 19.1. The van der Waals surface area contributed by atoms with Crippen molar-refractivity contribution < 1.29 is 19.1 Å². The van der Waals surface area contributed by atoms with Crippen LogP contribution in [0.2, 0.25) is 0 Å². The standard InChI is InChI=1S/C34H45FN4O3/c1-22(2)32(40)36-28-11-13-29(14-12-28)39-30-19-23(21-38-17-15-26(16-18-38)34(3,4)42)5-6-25(30)20-31(39)37-33(41)24-7-9-27(35)10-8-24/h5-10,19,22,26,28-29,42H,11-18,20-21H2,1-4H3,(H,36,40). The number of amides is 2. The maximum Gasteiger partial charge on any atom is 0.278 e. The van der Waals surface area contributed by atoms with E-state index in [2.05, 4.69) is 38.3 Å². The molecule has 2 amide bonds. The molecule has 0 bridgehead atoms. The molecule has 0 radical (unpaired) electrons. The molecular formula is C34H45FN4O3. The largest absolute Gasteiger partial charge is 0.390 e. The van der Waals surface area contributed by atoms with Crippen LogP contribution in [0.4, 0.5) is 10.1 Å². The summed E-state index contributed by atoms with van der Waals surface area (Å²) in [6, 6.07) is 12.5. The van der Waals surface area contributed by atoms with Gasteiger partial charge in [-0.2, -0.15) is 4.99 Å². The summed E-state index contributed by atoms with van der Waals surface area (Å²) in [4.78, 5) is 34.8. The first-order valence-corrected chi connectivity index (χ1v) is 15.5. The molecule has 226 valence electrons. The minimum absolute atomic E-state index is 0.0382. The molecule has 1 saturated carbocycles. The fraction of sp³-hybridized carbons (Fsp3) is 0.559. The summed E-state index contributed by atoms with van der Waals surface area (Å²) in [6.07, 6.45) is 6.08. The van der Waals surface area contributed by atoms with Gasteiger partial charge in [-0.25, -0.2) is 4.39 Å². The van der Waals surface area contributed by atoms with Crippen molar-refractivity contribution in [3.05, 3.63) is 65.0 Å². The van der Waals surface area contributed by atoms with Crippen LogP contribution in [0.1, 0.15) is 87.7 Å². The number of carbonyl (C=O) groups is 2. The van der Waals surface area contributed by atoms with E-state index in [1.54, 1.807) is 0 Å². The number of hydrogen-bond acceptors (Lipinski definition) is 4. The number of fused-ring (bicyclic) bond motifs is 1. The van der Waals surface area contributed by atoms with Crippen molar-refractivity contribution in [2.75, 3.05) is 18.0 Å². The molecule has 7 nitrogen and oxygen atoms in total. The van der Waals surface area contributed by atoms with Crippen LogP contribution in [-0.4, -0.2) is 58.4 Å². The lowest BCUT2D eigenvalue weighted by Crippen LogP contribution is -2.46. The molecule has 8 heteroatoms.